The third-order valence-corrected chi connectivity index (χ3v) is 1.42. The van der Waals surface area contributed by atoms with Crippen LogP contribution in [0, 0.1) is 6.92 Å². The zero-order valence-electron chi connectivity index (χ0n) is 5.96. The van der Waals surface area contributed by atoms with Gasteiger partial charge in [0.25, 0.3) is 0 Å². The number of rotatable bonds is 1. The standard InChI is InChI=1S/C7H11N3/c1-5-2-6(3-8)10-4-7(5)9/h2,4H,3,8-9H2,1H3. The van der Waals surface area contributed by atoms with Crippen molar-refractivity contribution in [2.24, 2.45) is 5.73 Å². The first-order chi connectivity index (χ1) is 4.74. The van der Waals surface area contributed by atoms with Crippen molar-refractivity contribution >= 4 is 5.69 Å². The maximum absolute atomic E-state index is 5.54. The molecule has 0 radical (unpaired) electrons. The van der Waals surface area contributed by atoms with E-state index in [2.05, 4.69) is 4.98 Å². The molecule has 1 aromatic rings. The first-order valence-electron chi connectivity index (χ1n) is 3.15. The van der Waals surface area contributed by atoms with Crippen molar-refractivity contribution < 1.29 is 0 Å². The van der Waals surface area contributed by atoms with Crippen molar-refractivity contribution in [2.45, 2.75) is 13.5 Å². The molecule has 54 valence electrons. The summed E-state index contributed by atoms with van der Waals surface area (Å²) >= 11 is 0. The van der Waals surface area contributed by atoms with Gasteiger partial charge in [0.15, 0.2) is 0 Å². The number of nitrogens with zero attached hydrogens (tertiary/aromatic N) is 1. The summed E-state index contributed by atoms with van der Waals surface area (Å²) in [4.78, 5) is 4.01. The van der Waals surface area contributed by atoms with Crippen LogP contribution in [-0.2, 0) is 6.54 Å². The van der Waals surface area contributed by atoms with E-state index in [0.717, 1.165) is 16.9 Å². The molecule has 0 aliphatic heterocycles. The lowest BCUT2D eigenvalue weighted by molar-refractivity contribution is 0.986. The Hall–Kier alpha value is -1.09. The summed E-state index contributed by atoms with van der Waals surface area (Å²) in [6.07, 6.45) is 1.64. The fourth-order valence-electron chi connectivity index (χ4n) is 0.736. The van der Waals surface area contributed by atoms with Crippen LogP contribution in [0.25, 0.3) is 0 Å². The van der Waals surface area contributed by atoms with Gasteiger partial charge in [0.1, 0.15) is 0 Å². The van der Waals surface area contributed by atoms with Crippen molar-refractivity contribution in [2.75, 3.05) is 5.73 Å². The molecule has 0 amide bonds. The minimum absolute atomic E-state index is 0.473. The number of hydrogen-bond donors (Lipinski definition) is 2. The van der Waals surface area contributed by atoms with Gasteiger partial charge in [0.05, 0.1) is 17.6 Å². The molecule has 0 spiro atoms. The highest BCUT2D eigenvalue weighted by Gasteiger charge is 1.94. The molecule has 3 heteroatoms. The highest BCUT2D eigenvalue weighted by molar-refractivity contribution is 5.43. The zero-order chi connectivity index (χ0) is 7.56. The molecular formula is C7H11N3. The second-order valence-corrected chi connectivity index (χ2v) is 2.24. The molecule has 0 atom stereocenters. The summed E-state index contributed by atoms with van der Waals surface area (Å²) < 4.78 is 0. The van der Waals surface area contributed by atoms with Crippen LogP contribution in [0.2, 0.25) is 0 Å². The third kappa shape index (κ3) is 1.25. The van der Waals surface area contributed by atoms with E-state index in [1.54, 1.807) is 6.20 Å². The smallest absolute Gasteiger partial charge is 0.0543 e. The van der Waals surface area contributed by atoms with E-state index in [0.29, 0.717) is 6.54 Å². The van der Waals surface area contributed by atoms with E-state index in [-0.39, 0.29) is 0 Å². The second-order valence-electron chi connectivity index (χ2n) is 2.24. The van der Waals surface area contributed by atoms with E-state index in [9.17, 15) is 0 Å². The van der Waals surface area contributed by atoms with Crippen molar-refractivity contribution in [1.29, 1.82) is 0 Å². The Morgan fingerprint density at radius 2 is 2.30 bits per heavy atom. The first kappa shape index (κ1) is 7.02. The van der Waals surface area contributed by atoms with Crippen LogP contribution in [-0.4, -0.2) is 4.98 Å². The lowest BCUT2D eigenvalue weighted by Crippen LogP contribution is -2.01. The summed E-state index contributed by atoms with van der Waals surface area (Å²) in [6, 6.07) is 1.90. The van der Waals surface area contributed by atoms with Crippen molar-refractivity contribution in [3.05, 3.63) is 23.5 Å². The SMILES string of the molecule is Cc1cc(CN)ncc1N. The van der Waals surface area contributed by atoms with E-state index < -0.39 is 0 Å². The van der Waals surface area contributed by atoms with E-state index in [4.69, 9.17) is 11.5 Å². The number of aromatic nitrogens is 1. The molecule has 1 aromatic heterocycles. The highest BCUT2D eigenvalue weighted by atomic mass is 14.7. The molecule has 1 rings (SSSR count). The summed E-state index contributed by atoms with van der Waals surface area (Å²) in [6.45, 7) is 2.41. The van der Waals surface area contributed by atoms with Gasteiger partial charge in [-0.1, -0.05) is 0 Å². The topological polar surface area (TPSA) is 64.9 Å². The molecule has 0 bridgehead atoms. The molecular weight excluding hydrogens is 126 g/mol. The molecule has 4 N–H and O–H groups in total. The van der Waals surface area contributed by atoms with Gasteiger partial charge >= 0.3 is 0 Å². The molecule has 0 fully saturated rings. The van der Waals surface area contributed by atoms with Crippen molar-refractivity contribution in [3.63, 3.8) is 0 Å². The summed E-state index contributed by atoms with van der Waals surface area (Å²) in [7, 11) is 0. The number of nitrogens with two attached hydrogens (primary N) is 2. The van der Waals surface area contributed by atoms with E-state index in [1.165, 1.54) is 0 Å². The predicted octanol–water partition coefficient (Wildman–Crippen LogP) is 0.431. The van der Waals surface area contributed by atoms with Crippen LogP contribution in [0.4, 0.5) is 5.69 Å². The van der Waals surface area contributed by atoms with Gasteiger partial charge in [0.2, 0.25) is 0 Å². The summed E-state index contributed by atoms with van der Waals surface area (Å²) in [5.74, 6) is 0. The average Bonchev–Trinajstić information content (AvgIpc) is 1.95. The lowest BCUT2D eigenvalue weighted by atomic mass is 10.2. The van der Waals surface area contributed by atoms with E-state index >= 15 is 0 Å². The monoisotopic (exact) mass is 137 g/mol. The van der Waals surface area contributed by atoms with Gasteiger partial charge in [-0.05, 0) is 18.6 Å². The summed E-state index contributed by atoms with van der Waals surface area (Å²) in [5, 5.41) is 0. The molecule has 0 saturated carbocycles. The molecule has 0 aliphatic rings. The Kier molecular flexibility index (Phi) is 1.87. The largest absolute Gasteiger partial charge is 0.397 e. The maximum Gasteiger partial charge on any atom is 0.0543 e. The van der Waals surface area contributed by atoms with Gasteiger partial charge in [-0.2, -0.15) is 0 Å². The van der Waals surface area contributed by atoms with Crippen LogP contribution in [0.5, 0.6) is 0 Å². The maximum atomic E-state index is 5.54. The number of hydrogen-bond acceptors (Lipinski definition) is 3. The number of pyridine rings is 1. The Morgan fingerprint density at radius 1 is 1.60 bits per heavy atom. The average molecular weight is 137 g/mol. The first-order valence-corrected chi connectivity index (χ1v) is 3.15. The molecule has 10 heavy (non-hydrogen) atoms. The van der Waals surface area contributed by atoms with Crippen LogP contribution < -0.4 is 11.5 Å². The van der Waals surface area contributed by atoms with Crippen molar-refractivity contribution in [3.8, 4) is 0 Å². The minimum Gasteiger partial charge on any atom is -0.397 e. The van der Waals surface area contributed by atoms with Gasteiger partial charge < -0.3 is 11.5 Å². The Balaban J connectivity index is 3.04. The van der Waals surface area contributed by atoms with Gasteiger partial charge in [0, 0.05) is 6.54 Å². The van der Waals surface area contributed by atoms with Crippen LogP contribution in [0.15, 0.2) is 12.3 Å². The molecule has 0 saturated heterocycles. The number of anilines is 1. The molecule has 1 heterocycles. The summed E-state index contributed by atoms with van der Waals surface area (Å²) in [5.41, 5.74) is 13.5. The predicted molar refractivity (Wildman–Crippen MR) is 41.3 cm³/mol. The molecule has 3 nitrogen and oxygen atoms in total. The molecule has 0 unspecified atom stereocenters. The fourth-order valence-corrected chi connectivity index (χ4v) is 0.736. The highest BCUT2D eigenvalue weighted by Crippen LogP contribution is 2.08. The fraction of sp³-hybridized carbons (Fsp3) is 0.286. The normalized spacial score (nSPS) is 9.80. The molecule has 0 aliphatic carbocycles. The number of aryl methyl sites for hydroxylation is 1. The zero-order valence-corrected chi connectivity index (χ0v) is 5.96. The lowest BCUT2D eigenvalue weighted by Gasteiger charge is -2.00. The Bertz CT molecular complexity index is 232. The number of nitrogen functional groups attached to an aromatic ring is 1. The molecule has 0 aromatic carbocycles. The Morgan fingerprint density at radius 3 is 2.80 bits per heavy atom. The second kappa shape index (κ2) is 2.66. The van der Waals surface area contributed by atoms with Crippen LogP contribution in [0.3, 0.4) is 0 Å². The minimum atomic E-state index is 0.473. The van der Waals surface area contributed by atoms with Gasteiger partial charge in [-0.3, -0.25) is 4.98 Å². The quantitative estimate of drug-likeness (QED) is 0.590. The van der Waals surface area contributed by atoms with E-state index in [1.807, 2.05) is 13.0 Å². The van der Waals surface area contributed by atoms with Crippen molar-refractivity contribution in [1.82, 2.24) is 4.98 Å². The van der Waals surface area contributed by atoms with Crippen LogP contribution >= 0.6 is 0 Å². The van der Waals surface area contributed by atoms with Gasteiger partial charge in [-0.25, -0.2) is 0 Å². The Labute approximate surface area is 60.1 Å². The van der Waals surface area contributed by atoms with Gasteiger partial charge in [-0.15, -0.1) is 0 Å². The third-order valence-electron chi connectivity index (χ3n) is 1.42. The van der Waals surface area contributed by atoms with Crippen LogP contribution in [0.1, 0.15) is 11.3 Å².